The minimum absolute atomic E-state index is 0.0474. The molecule has 0 spiro atoms. The molecule has 31 heavy (non-hydrogen) atoms. The molecule has 2 amide bonds. The molecule has 0 aliphatic carbocycles. The predicted octanol–water partition coefficient (Wildman–Crippen LogP) is 4.48. The van der Waals surface area contributed by atoms with Gasteiger partial charge in [-0.3, -0.25) is 14.4 Å². The molecular weight excluding hydrogens is 392 g/mol. The first-order valence-electron chi connectivity index (χ1n) is 10.8. The number of rotatable bonds is 10. The summed E-state index contributed by atoms with van der Waals surface area (Å²) >= 11 is 0. The van der Waals surface area contributed by atoms with Crippen molar-refractivity contribution in [2.24, 2.45) is 5.92 Å². The van der Waals surface area contributed by atoms with Gasteiger partial charge >= 0.3 is 5.97 Å². The highest BCUT2D eigenvalue weighted by Crippen LogP contribution is 2.28. The minimum Gasteiger partial charge on any atom is -0.455 e. The lowest BCUT2D eigenvalue weighted by molar-refractivity contribution is -0.150. The van der Waals surface area contributed by atoms with Crippen molar-refractivity contribution in [1.82, 2.24) is 4.90 Å². The summed E-state index contributed by atoms with van der Waals surface area (Å²) in [6.45, 7) is 8.80. The Balaban J connectivity index is 1.95. The number of nitrogens with one attached hydrogen (secondary N) is 1. The van der Waals surface area contributed by atoms with Gasteiger partial charge in [0, 0.05) is 24.3 Å². The minimum atomic E-state index is -0.424. The van der Waals surface area contributed by atoms with Gasteiger partial charge in [-0.1, -0.05) is 50.6 Å². The third kappa shape index (κ3) is 6.67. The van der Waals surface area contributed by atoms with E-state index in [2.05, 4.69) is 5.32 Å². The van der Waals surface area contributed by atoms with Crippen LogP contribution in [0.5, 0.6) is 0 Å². The van der Waals surface area contributed by atoms with Gasteiger partial charge in [-0.2, -0.15) is 0 Å². The number of carbonyl (C=O) groups excluding carboxylic acids is 3. The van der Waals surface area contributed by atoms with Crippen molar-refractivity contribution in [2.45, 2.75) is 40.0 Å². The number of ether oxygens (including phenoxy) is 1. The zero-order valence-corrected chi connectivity index (χ0v) is 18.8. The quantitative estimate of drug-likeness (QED) is 0.571. The van der Waals surface area contributed by atoms with Crippen molar-refractivity contribution >= 4 is 23.5 Å². The summed E-state index contributed by atoms with van der Waals surface area (Å²) in [4.78, 5) is 39.1. The molecule has 0 saturated heterocycles. The first kappa shape index (κ1) is 24.1. The maximum atomic E-state index is 12.7. The van der Waals surface area contributed by atoms with Gasteiger partial charge in [-0.05, 0) is 49.6 Å². The summed E-state index contributed by atoms with van der Waals surface area (Å²) in [5.74, 6) is -1.20. The molecule has 0 bridgehead atoms. The van der Waals surface area contributed by atoms with Crippen LogP contribution in [-0.2, 0) is 14.3 Å². The SMILES string of the molecule is CC[C@H](C)[C@@H](C(=O)OCC(=O)Nc1ccc(C(=O)N(CC)CC)cc1)c1ccccc1. The molecule has 1 N–H and O–H groups in total. The monoisotopic (exact) mass is 424 g/mol. The van der Waals surface area contributed by atoms with Crippen molar-refractivity contribution in [1.29, 1.82) is 0 Å². The molecule has 6 nitrogen and oxygen atoms in total. The van der Waals surface area contributed by atoms with Gasteiger partial charge in [0.05, 0.1) is 5.92 Å². The number of nitrogens with zero attached hydrogens (tertiary/aromatic N) is 1. The highest BCUT2D eigenvalue weighted by atomic mass is 16.5. The van der Waals surface area contributed by atoms with E-state index in [0.717, 1.165) is 12.0 Å². The summed E-state index contributed by atoms with van der Waals surface area (Å²) in [6.07, 6.45) is 0.819. The van der Waals surface area contributed by atoms with Crippen LogP contribution in [0.4, 0.5) is 5.69 Å². The van der Waals surface area contributed by atoms with Crippen LogP contribution in [0.15, 0.2) is 54.6 Å². The van der Waals surface area contributed by atoms with Gasteiger partial charge in [0.1, 0.15) is 0 Å². The van der Waals surface area contributed by atoms with Gasteiger partial charge in [0.15, 0.2) is 6.61 Å². The second-order valence-corrected chi connectivity index (χ2v) is 7.48. The number of amides is 2. The second kappa shape index (κ2) is 11.9. The second-order valence-electron chi connectivity index (χ2n) is 7.48. The van der Waals surface area contributed by atoms with E-state index in [4.69, 9.17) is 4.74 Å². The Bertz CT molecular complexity index is 861. The number of anilines is 1. The smallest absolute Gasteiger partial charge is 0.314 e. The molecule has 2 rings (SSSR count). The molecule has 2 aromatic carbocycles. The van der Waals surface area contributed by atoms with Crippen molar-refractivity contribution in [3.8, 4) is 0 Å². The Morgan fingerprint density at radius 1 is 0.935 bits per heavy atom. The number of hydrogen-bond donors (Lipinski definition) is 1. The predicted molar refractivity (Wildman–Crippen MR) is 122 cm³/mol. The molecule has 0 heterocycles. The van der Waals surface area contributed by atoms with Gasteiger partial charge in [0.2, 0.25) is 0 Å². The van der Waals surface area contributed by atoms with Crippen LogP contribution in [0, 0.1) is 5.92 Å². The van der Waals surface area contributed by atoms with Crippen molar-refractivity contribution in [3.05, 3.63) is 65.7 Å². The van der Waals surface area contributed by atoms with Crippen LogP contribution >= 0.6 is 0 Å². The number of hydrogen-bond acceptors (Lipinski definition) is 4. The molecular formula is C25H32N2O4. The van der Waals surface area contributed by atoms with Crippen LogP contribution < -0.4 is 5.32 Å². The molecule has 0 aliphatic heterocycles. The number of benzene rings is 2. The molecule has 0 fully saturated rings. The molecule has 6 heteroatoms. The zero-order valence-electron chi connectivity index (χ0n) is 18.8. The Kier molecular flexibility index (Phi) is 9.25. The van der Waals surface area contributed by atoms with E-state index in [1.165, 1.54) is 0 Å². The van der Waals surface area contributed by atoms with Crippen LogP contribution in [-0.4, -0.2) is 42.4 Å². The van der Waals surface area contributed by atoms with Gasteiger partial charge in [-0.25, -0.2) is 0 Å². The standard InChI is InChI=1S/C25H32N2O4/c1-5-18(4)23(19-11-9-8-10-12-19)25(30)31-17-22(28)26-21-15-13-20(14-16-21)24(29)27(6-2)7-3/h8-16,18,23H,5-7,17H2,1-4H3,(H,26,28)/t18-,23+/m0/s1. The fourth-order valence-electron chi connectivity index (χ4n) is 3.41. The molecule has 0 unspecified atom stereocenters. The van der Waals surface area contributed by atoms with Gasteiger partial charge in [-0.15, -0.1) is 0 Å². The summed E-state index contributed by atoms with van der Waals surface area (Å²) in [5.41, 5.74) is 1.99. The van der Waals surface area contributed by atoms with Crippen LogP contribution in [0.1, 0.15) is 56.0 Å². The molecule has 0 aromatic heterocycles. The summed E-state index contributed by atoms with van der Waals surface area (Å²) in [6, 6.07) is 16.2. The molecule has 0 saturated carbocycles. The largest absolute Gasteiger partial charge is 0.455 e. The van der Waals surface area contributed by atoms with Crippen molar-refractivity contribution in [2.75, 3.05) is 25.0 Å². The number of carbonyl (C=O) groups is 3. The molecule has 0 radical (unpaired) electrons. The zero-order chi connectivity index (χ0) is 22.8. The lowest BCUT2D eigenvalue weighted by Gasteiger charge is -2.21. The Morgan fingerprint density at radius 2 is 1.55 bits per heavy atom. The summed E-state index contributed by atoms with van der Waals surface area (Å²) in [7, 11) is 0. The summed E-state index contributed by atoms with van der Waals surface area (Å²) in [5, 5.41) is 2.70. The average molecular weight is 425 g/mol. The Morgan fingerprint density at radius 3 is 2.10 bits per heavy atom. The fourth-order valence-corrected chi connectivity index (χ4v) is 3.41. The van der Waals surface area contributed by atoms with Gasteiger partial charge < -0.3 is 15.0 Å². The topological polar surface area (TPSA) is 75.7 Å². The van der Waals surface area contributed by atoms with E-state index in [1.807, 2.05) is 58.0 Å². The van der Waals surface area contributed by atoms with E-state index in [-0.39, 0.29) is 18.4 Å². The van der Waals surface area contributed by atoms with Crippen LogP contribution in [0.2, 0.25) is 0 Å². The highest BCUT2D eigenvalue weighted by molar-refractivity contribution is 5.96. The van der Waals surface area contributed by atoms with E-state index in [1.54, 1.807) is 29.2 Å². The normalized spacial score (nSPS) is 12.5. The van der Waals surface area contributed by atoms with E-state index < -0.39 is 17.8 Å². The van der Waals surface area contributed by atoms with Gasteiger partial charge in [0.25, 0.3) is 11.8 Å². The van der Waals surface area contributed by atoms with Crippen LogP contribution in [0.25, 0.3) is 0 Å². The van der Waals surface area contributed by atoms with Crippen molar-refractivity contribution < 1.29 is 19.1 Å². The van der Waals surface area contributed by atoms with Crippen LogP contribution in [0.3, 0.4) is 0 Å². The lowest BCUT2D eigenvalue weighted by Crippen LogP contribution is -2.30. The summed E-state index contributed by atoms with van der Waals surface area (Å²) < 4.78 is 5.33. The lowest BCUT2D eigenvalue weighted by atomic mass is 9.86. The first-order valence-corrected chi connectivity index (χ1v) is 10.8. The van der Waals surface area contributed by atoms with Crippen molar-refractivity contribution in [3.63, 3.8) is 0 Å². The number of esters is 1. The van der Waals surface area contributed by atoms with E-state index in [0.29, 0.717) is 24.3 Å². The fraction of sp³-hybridized carbons (Fsp3) is 0.400. The Labute approximate surface area is 184 Å². The molecule has 2 atom stereocenters. The van der Waals surface area contributed by atoms with E-state index in [9.17, 15) is 14.4 Å². The third-order valence-corrected chi connectivity index (χ3v) is 5.44. The average Bonchev–Trinajstić information content (AvgIpc) is 2.79. The molecule has 2 aromatic rings. The Hall–Kier alpha value is -3.15. The highest BCUT2D eigenvalue weighted by Gasteiger charge is 2.27. The van der Waals surface area contributed by atoms with E-state index >= 15 is 0 Å². The third-order valence-electron chi connectivity index (χ3n) is 5.44. The maximum Gasteiger partial charge on any atom is 0.314 e. The molecule has 166 valence electrons. The first-order chi connectivity index (χ1) is 14.9. The maximum absolute atomic E-state index is 12.7. The molecule has 0 aliphatic rings.